The van der Waals surface area contributed by atoms with Gasteiger partial charge in [-0.1, -0.05) is 37.3 Å². The van der Waals surface area contributed by atoms with Gasteiger partial charge in [-0.15, -0.1) is 0 Å². The number of nitrogens with zero attached hydrogens (tertiary/aromatic N) is 2. The molecule has 25 heavy (non-hydrogen) atoms. The number of carbonyl (C=O) groups excluding carboxylic acids is 2. The third kappa shape index (κ3) is 3.38. The summed E-state index contributed by atoms with van der Waals surface area (Å²) in [7, 11) is 0. The Kier molecular flexibility index (Phi) is 4.79. The maximum absolute atomic E-state index is 12.8. The van der Waals surface area contributed by atoms with E-state index < -0.39 is 11.9 Å². The molecular formula is C19H24N2O4. The Labute approximate surface area is 147 Å². The van der Waals surface area contributed by atoms with Gasteiger partial charge in [0.2, 0.25) is 11.8 Å². The van der Waals surface area contributed by atoms with Crippen LogP contribution < -0.4 is 0 Å². The van der Waals surface area contributed by atoms with Gasteiger partial charge in [0.05, 0.1) is 17.9 Å². The Balaban J connectivity index is 1.66. The van der Waals surface area contributed by atoms with E-state index in [1.54, 1.807) is 9.80 Å². The maximum Gasteiger partial charge on any atom is 0.308 e. The molecular weight excluding hydrogens is 320 g/mol. The summed E-state index contributed by atoms with van der Waals surface area (Å²) >= 11 is 0. The zero-order valence-corrected chi connectivity index (χ0v) is 14.6. The summed E-state index contributed by atoms with van der Waals surface area (Å²) in [6, 6.07) is 9.69. The first-order valence-electron chi connectivity index (χ1n) is 8.74. The first-order valence-corrected chi connectivity index (χ1v) is 8.74. The molecule has 2 aliphatic rings. The summed E-state index contributed by atoms with van der Waals surface area (Å²) in [5.41, 5.74) is 1.05. The van der Waals surface area contributed by atoms with Gasteiger partial charge in [0.25, 0.3) is 0 Å². The molecule has 0 spiro atoms. The molecule has 2 unspecified atom stereocenters. The molecule has 6 nitrogen and oxygen atoms in total. The second kappa shape index (κ2) is 6.86. The second-order valence-corrected chi connectivity index (χ2v) is 7.20. The molecule has 2 fully saturated rings. The number of carbonyl (C=O) groups is 3. The van der Waals surface area contributed by atoms with Gasteiger partial charge in [0.15, 0.2) is 0 Å². The molecule has 134 valence electrons. The summed E-state index contributed by atoms with van der Waals surface area (Å²) in [5.74, 6) is -1.91. The van der Waals surface area contributed by atoms with Gasteiger partial charge in [-0.25, -0.2) is 0 Å². The van der Waals surface area contributed by atoms with Crippen molar-refractivity contribution in [1.82, 2.24) is 9.80 Å². The minimum absolute atomic E-state index is 0.0169. The van der Waals surface area contributed by atoms with E-state index in [4.69, 9.17) is 0 Å². The number of benzene rings is 1. The lowest BCUT2D eigenvalue weighted by Gasteiger charge is -2.26. The highest BCUT2D eigenvalue weighted by molar-refractivity contribution is 5.90. The number of rotatable bonds is 4. The highest BCUT2D eigenvalue weighted by atomic mass is 16.4. The normalized spacial score (nSPS) is 27.6. The van der Waals surface area contributed by atoms with Crippen molar-refractivity contribution in [2.75, 3.05) is 19.6 Å². The molecule has 4 atom stereocenters. The SMILES string of the molecule is CC(c1ccccc1)N1CC(C(=O)N2C[C@@H](C)[C@H](C(=O)O)C2)CC1=O. The maximum atomic E-state index is 12.8. The Morgan fingerprint density at radius 2 is 1.84 bits per heavy atom. The van der Waals surface area contributed by atoms with E-state index in [2.05, 4.69) is 0 Å². The van der Waals surface area contributed by atoms with Crippen LogP contribution in [0.3, 0.4) is 0 Å². The van der Waals surface area contributed by atoms with Crippen LogP contribution in [0, 0.1) is 17.8 Å². The average molecular weight is 344 g/mol. The van der Waals surface area contributed by atoms with Crippen molar-refractivity contribution in [2.24, 2.45) is 17.8 Å². The second-order valence-electron chi connectivity index (χ2n) is 7.20. The van der Waals surface area contributed by atoms with Gasteiger partial charge < -0.3 is 14.9 Å². The molecule has 0 bridgehead atoms. The minimum atomic E-state index is -0.857. The molecule has 0 aliphatic carbocycles. The zero-order valence-electron chi connectivity index (χ0n) is 14.6. The standard InChI is InChI=1S/C19H24N2O4/c1-12-9-20(11-16(12)19(24)25)18(23)15-8-17(22)21(10-15)13(2)14-6-4-3-5-7-14/h3-7,12-13,15-16H,8-11H2,1-2H3,(H,24,25)/t12-,13?,15?,16-/m1/s1. The Morgan fingerprint density at radius 1 is 1.16 bits per heavy atom. The highest BCUT2D eigenvalue weighted by Gasteiger charge is 2.43. The van der Waals surface area contributed by atoms with Crippen LogP contribution in [0.15, 0.2) is 30.3 Å². The molecule has 0 saturated carbocycles. The van der Waals surface area contributed by atoms with Crippen molar-refractivity contribution in [1.29, 1.82) is 0 Å². The fourth-order valence-corrected chi connectivity index (χ4v) is 3.91. The number of hydrogen-bond donors (Lipinski definition) is 1. The third-order valence-electron chi connectivity index (χ3n) is 5.50. The zero-order chi connectivity index (χ0) is 18.1. The molecule has 2 heterocycles. The van der Waals surface area contributed by atoms with Crippen molar-refractivity contribution in [3.05, 3.63) is 35.9 Å². The smallest absolute Gasteiger partial charge is 0.308 e. The lowest BCUT2D eigenvalue weighted by atomic mass is 9.99. The van der Waals surface area contributed by atoms with E-state index in [0.717, 1.165) is 5.56 Å². The Morgan fingerprint density at radius 3 is 2.44 bits per heavy atom. The largest absolute Gasteiger partial charge is 0.481 e. The Hall–Kier alpha value is -2.37. The van der Waals surface area contributed by atoms with Crippen LogP contribution in [0.25, 0.3) is 0 Å². The highest BCUT2D eigenvalue weighted by Crippen LogP contribution is 2.31. The first kappa shape index (κ1) is 17.5. The quantitative estimate of drug-likeness (QED) is 0.903. The number of aliphatic carboxylic acids is 1. The molecule has 1 aromatic rings. The van der Waals surface area contributed by atoms with Gasteiger partial charge in [0, 0.05) is 26.1 Å². The van der Waals surface area contributed by atoms with E-state index in [-0.39, 0.29) is 42.7 Å². The molecule has 0 radical (unpaired) electrons. The molecule has 1 aromatic carbocycles. The van der Waals surface area contributed by atoms with Gasteiger partial charge in [-0.3, -0.25) is 14.4 Å². The molecule has 6 heteroatoms. The van der Waals surface area contributed by atoms with Gasteiger partial charge in [-0.2, -0.15) is 0 Å². The van der Waals surface area contributed by atoms with E-state index in [9.17, 15) is 19.5 Å². The summed E-state index contributed by atoms with van der Waals surface area (Å²) in [6.45, 7) is 4.92. The van der Waals surface area contributed by atoms with Crippen molar-refractivity contribution in [3.63, 3.8) is 0 Å². The van der Waals surface area contributed by atoms with Crippen LogP contribution in [-0.2, 0) is 14.4 Å². The van der Waals surface area contributed by atoms with E-state index in [1.165, 1.54) is 0 Å². The van der Waals surface area contributed by atoms with Gasteiger partial charge in [-0.05, 0) is 18.4 Å². The van der Waals surface area contributed by atoms with Crippen molar-refractivity contribution < 1.29 is 19.5 Å². The fourth-order valence-electron chi connectivity index (χ4n) is 3.91. The van der Waals surface area contributed by atoms with E-state index in [1.807, 2.05) is 44.2 Å². The summed E-state index contributed by atoms with van der Waals surface area (Å²) in [6.07, 6.45) is 0.207. The van der Waals surface area contributed by atoms with Crippen LogP contribution in [0.5, 0.6) is 0 Å². The lowest BCUT2D eigenvalue weighted by molar-refractivity contribution is -0.142. The van der Waals surface area contributed by atoms with Crippen molar-refractivity contribution >= 4 is 17.8 Å². The topological polar surface area (TPSA) is 77.9 Å². The van der Waals surface area contributed by atoms with Crippen LogP contribution in [0.2, 0.25) is 0 Å². The van der Waals surface area contributed by atoms with Crippen LogP contribution >= 0.6 is 0 Å². The molecule has 3 rings (SSSR count). The number of likely N-dealkylation sites (tertiary alicyclic amines) is 2. The molecule has 1 N–H and O–H groups in total. The predicted molar refractivity (Wildman–Crippen MR) is 91.5 cm³/mol. The van der Waals surface area contributed by atoms with Crippen molar-refractivity contribution in [2.45, 2.75) is 26.3 Å². The summed E-state index contributed by atoms with van der Waals surface area (Å²) in [5, 5.41) is 9.23. The van der Waals surface area contributed by atoms with E-state index in [0.29, 0.717) is 13.1 Å². The number of carboxylic acid groups (broad SMARTS) is 1. The summed E-state index contributed by atoms with van der Waals surface area (Å²) < 4.78 is 0. The minimum Gasteiger partial charge on any atom is -0.481 e. The monoisotopic (exact) mass is 344 g/mol. The molecule has 0 aromatic heterocycles. The third-order valence-corrected chi connectivity index (χ3v) is 5.50. The molecule has 2 saturated heterocycles. The van der Waals surface area contributed by atoms with Gasteiger partial charge >= 0.3 is 5.97 Å². The van der Waals surface area contributed by atoms with Gasteiger partial charge in [0.1, 0.15) is 0 Å². The van der Waals surface area contributed by atoms with Crippen LogP contribution in [0.4, 0.5) is 0 Å². The van der Waals surface area contributed by atoms with Crippen LogP contribution in [0.1, 0.15) is 31.9 Å². The average Bonchev–Trinajstić information content (AvgIpc) is 3.17. The number of amides is 2. The number of carboxylic acids is 1. The van der Waals surface area contributed by atoms with Crippen LogP contribution in [-0.4, -0.2) is 52.3 Å². The molecule has 2 amide bonds. The summed E-state index contributed by atoms with van der Waals surface area (Å²) in [4.78, 5) is 39.8. The molecule has 2 aliphatic heterocycles. The predicted octanol–water partition coefficient (Wildman–Crippen LogP) is 1.78. The van der Waals surface area contributed by atoms with E-state index >= 15 is 0 Å². The van der Waals surface area contributed by atoms with Crippen molar-refractivity contribution in [3.8, 4) is 0 Å². The Bertz CT molecular complexity index is 675. The lowest BCUT2D eigenvalue weighted by Crippen LogP contribution is -2.37. The fraction of sp³-hybridized carbons (Fsp3) is 0.526. The first-order chi connectivity index (χ1) is 11.9. The number of hydrogen-bond acceptors (Lipinski definition) is 3.